The summed E-state index contributed by atoms with van der Waals surface area (Å²) in [5.74, 6) is 0.326. The van der Waals surface area contributed by atoms with Crippen molar-refractivity contribution in [2.45, 2.75) is 19.5 Å². The van der Waals surface area contributed by atoms with Gasteiger partial charge in [0.05, 0.1) is 24.9 Å². The highest BCUT2D eigenvalue weighted by Crippen LogP contribution is 2.21. The lowest BCUT2D eigenvalue weighted by atomic mass is 10.1. The molecule has 7 nitrogen and oxygen atoms in total. The van der Waals surface area contributed by atoms with E-state index in [1.807, 2.05) is 11.7 Å². The van der Waals surface area contributed by atoms with Gasteiger partial charge >= 0.3 is 0 Å². The summed E-state index contributed by atoms with van der Waals surface area (Å²) < 4.78 is 6.92. The minimum absolute atomic E-state index is 0.163. The molecular weight excluding hydrogens is 294 g/mol. The molecule has 1 amide bonds. The van der Waals surface area contributed by atoms with Gasteiger partial charge in [0.25, 0.3) is 5.91 Å². The van der Waals surface area contributed by atoms with E-state index in [4.69, 9.17) is 4.74 Å². The van der Waals surface area contributed by atoms with Gasteiger partial charge in [0, 0.05) is 50.1 Å². The van der Waals surface area contributed by atoms with Crippen molar-refractivity contribution in [2.24, 2.45) is 7.05 Å². The molecule has 2 aromatic rings. The average molecular weight is 315 g/mol. The Morgan fingerprint density at radius 3 is 2.91 bits per heavy atom. The van der Waals surface area contributed by atoms with E-state index in [0.717, 1.165) is 25.2 Å². The SMILES string of the molecule is COc1ccc(C(=O)NCc2nn(C)c3c2CN(C)CC3)cn1. The predicted octanol–water partition coefficient (Wildman–Crippen LogP) is 0.742. The van der Waals surface area contributed by atoms with E-state index in [1.165, 1.54) is 17.5 Å². The number of carbonyl (C=O) groups excluding carboxylic acids is 1. The molecule has 1 N–H and O–H groups in total. The van der Waals surface area contributed by atoms with Crippen LogP contribution in [0.4, 0.5) is 0 Å². The number of rotatable bonds is 4. The van der Waals surface area contributed by atoms with Crippen LogP contribution in [0.25, 0.3) is 0 Å². The second-order valence-electron chi connectivity index (χ2n) is 5.76. The van der Waals surface area contributed by atoms with E-state index in [0.29, 0.717) is 18.0 Å². The van der Waals surface area contributed by atoms with Crippen LogP contribution < -0.4 is 10.1 Å². The first-order valence-corrected chi connectivity index (χ1v) is 7.59. The Morgan fingerprint density at radius 1 is 1.39 bits per heavy atom. The molecule has 0 unspecified atom stereocenters. The third-order valence-electron chi connectivity index (χ3n) is 4.14. The number of fused-ring (bicyclic) bond motifs is 1. The van der Waals surface area contributed by atoms with Crippen molar-refractivity contribution in [1.29, 1.82) is 0 Å². The Bertz CT molecular complexity index is 708. The second kappa shape index (κ2) is 6.37. The molecule has 3 rings (SSSR count). The number of aromatic nitrogens is 3. The van der Waals surface area contributed by atoms with Crippen molar-refractivity contribution in [3.05, 3.63) is 40.8 Å². The third-order valence-corrected chi connectivity index (χ3v) is 4.14. The topological polar surface area (TPSA) is 72.3 Å². The molecule has 0 bridgehead atoms. The van der Waals surface area contributed by atoms with Crippen LogP contribution in [0.2, 0.25) is 0 Å². The molecule has 122 valence electrons. The predicted molar refractivity (Wildman–Crippen MR) is 85.2 cm³/mol. The molecule has 2 aromatic heterocycles. The van der Waals surface area contributed by atoms with Gasteiger partial charge in [-0.1, -0.05) is 0 Å². The van der Waals surface area contributed by atoms with Crippen LogP contribution in [0.1, 0.15) is 27.3 Å². The van der Waals surface area contributed by atoms with Gasteiger partial charge in [0.2, 0.25) is 5.88 Å². The van der Waals surface area contributed by atoms with Crippen molar-refractivity contribution in [3.8, 4) is 5.88 Å². The van der Waals surface area contributed by atoms with Gasteiger partial charge in [-0.25, -0.2) is 4.98 Å². The van der Waals surface area contributed by atoms with E-state index in [1.54, 1.807) is 19.2 Å². The summed E-state index contributed by atoms with van der Waals surface area (Å²) in [6.45, 7) is 2.33. The van der Waals surface area contributed by atoms with Gasteiger partial charge in [-0.05, 0) is 13.1 Å². The van der Waals surface area contributed by atoms with Gasteiger partial charge in [-0.3, -0.25) is 9.48 Å². The first-order chi connectivity index (χ1) is 11.1. The molecule has 1 aliphatic rings. The number of nitrogens with one attached hydrogen (secondary N) is 1. The normalized spacial score (nSPS) is 14.4. The lowest BCUT2D eigenvalue weighted by Gasteiger charge is -2.23. The quantitative estimate of drug-likeness (QED) is 0.901. The molecule has 0 saturated heterocycles. The number of pyridine rings is 1. The van der Waals surface area contributed by atoms with Gasteiger partial charge in [0.1, 0.15) is 0 Å². The summed E-state index contributed by atoms with van der Waals surface area (Å²) in [6, 6.07) is 3.37. The van der Waals surface area contributed by atoms with Crippen LogP contribution in [0.5, 0.6) is 5.88 Å². The molecule has 0 aromatic carbocycles. The summed E-state index contributed by atoms with van der Waals surface area (Å²) >= 11 is 0. The summed E-state index contributed by atoms with van der Waals surface area (Å²) in [5, 5.41) is 7.48. The zero-order valence-corrected chi connectivity index (χ0v) is 13.7. The Labute approximate surface area is 135 Å². The highest BCUT2D eigenvalue weighted by Gasteiger charge is 2.22. The van der Waals surface area contributed by atoms with Crippen molar-refractivity contribution in [3.63, 3.8) is 0 Å². The molecule has 0 aliphatic carbocycles. The average Bonchev–Trinajstić information content (AvgIpc) is 2.88. The molecule has 1 aliphatic heterocycles. The van der Waals surface area contributed by atoms with Crippen molar-refractivity contribution in [2.75, 3.05) is 20.7 Å². The molecule has 23 heavy (non-hydrogen) atoms. The first kappa shape index (κ1) is 15.5. The van der Waals surface area contributed by atoms with E-state index < -0.39 is 0 Å². The maximum absolute atomic E-state index is 12.2. The standard InChI is InChI=1S/C16H21N5O2/c1-20-7-6-14-12(10-20)13(19-21(14)2)9-18-16(22)11-4-5-15(23-3)17-8-11/h4-5,8H,6-7,9-10H2,1-3H3,(H,18,22). The second-order valence-corrected chi connectivity index (χ2v) is 5.76. The summed E-state index contributed by atoms with van der Waals surface area (Å²) in [5.41, 5.74) is 3.93. The number of likely N-dealkylation sites (N-methyl/N-ethyl adjacent to an activating group) is 1. The van der Waals surface area contributed by atoms with Gasteiger partial charge in [-0.15, -0.1) is 0 Å². The van der Waals surface area contributed by atoms with Crippen LogP contribution in [0.15, 0.2) is 18.3 Å². The number of methoxy groups -OCH3 is 1. The first-order valence-electron chi connectivity index (χ1n) is 7.59. The van der Waals surface area contributed by atoms with Crippen LogP contribution in [0.3, 0.4) is 0 Å². The molecule has 0 radical (unpaired) electrons. The lowest BCUT2D eigenvalue weighted by Crippen LogP contribution is -2.28. The molecule has 0 atom stereocenters. The number of hydrogen-bond acceptors (Lipinski definition) is 5. The highest BCUT2D eigenvalue weighted by molar-refractivity contribution is 5.93. The molecule has 0 spiro atoms. The number of ether oxygens (including phenoxy) is 1. The monoisotopic (exact) mass is 315 g/mol. The smallest absolute Gasteiger partial charge is 0.253 e. The van der Waals surface area contributed by atoms with E-state index in [-0.39, 0.29) is 5.91 Å². The lowest BCUT2D eigenvalue weighted by molar-refractivity contribution is 0.0949. The van der Waals surface area contributed by atoms with Gasteiger partial charge in [-0.2, -0.15) is 5.10 Å². The Balaban J connectivity index is 1.69. The highest BCUT2D eigenvalue weighted by atomic mass is 16.5. The number of aryl methyl sites for hydroxylation is 1. The maximum Gasteiger partial charge on any atom is 0.253 e. The van der Waals surface area contributed by atoms with Gasteiger partial charge < -0.3 is 15.0 Å². The zero-order valence-electron chi connectivity index (χ0n) is 13.7. The Morgan fingerprint density at radius 2 is 2.22 bits per heavy atom. The van der Waals surface area contributed by atoms with E-state index in [2.05, 4.69) is 27.3 Å². The van der Waals surface area contributed by atoms with Crippen LogP contribution >= 0.6 is 0 Å². The van der Waals surface area contributed by atoms with Crippen LogP contribution in [0, 0.1) is 0 Å². The fourth-order valence-corrected chi connectivity index (χ4v) is 2.85. The van der Waals surface area contributed by atoms with Crippen molar-refractivity contribution in [1.82, 2.24) is 25.0 Å². The number of nitrogens with zero attached hydrogens (tertiary/aromatic N) is 4. The largest absolute Gasteiger partial charge is 0.481 e. The third kappa shape index (κ3) is 3.19. The zero-order chi connectivity index (χ0) is 16.4. The molecule has 0 fully saturated rings. The maximum atomic E-state index is 12.2. The van der Waals surface area contributed by atoms with Crippen molar-refractivity contribution >= 4 is 5.91 Å². The molecule has 0 saturated carbocycles. The minimum atomic E-state index is -0.163. The summed E-state index contributed by atoms with van der Waals surface area (Å²) in [7, 11) is 5.60. The fraction of sp³-hybridized carbons (Fsp3) is 0.438. The fourth-order valence-electron chi connectivity index (χ4n) is 2.85. The van der Waals surface area contributed by atoms with E-state index in [9.17, 15) is 4.79 Å². The Hall–Kier alpha value is -2.41. The molecular formula is C16H21N5O2. The van der Waals surface area contributed by atoms with E-state index >= 15 is 0 Å². The minimum Gasteiger partial charge on any atom is -0.481 e. The number of amides is 1. The van der Waals surface area contributed by atoms with Gasteiger partial charge in [0.15, 0.2) is 0 Å². The van der Waals surface area contributed by atoms with Crippen molar-refractivity contribution < 1.29 is 9.53 Å². The molecule has 3 heterocycles. The summed E-state index contributed by atoms with van der Waals surface area (Å²) in [6.07, 6.45) is 2.50. The van der Waals surface area contributed by atoms with Crippen LogP contribution in [-0.2, 0) is 26.6 Å². The Kier molecular flexibility index (Phi) is 4.29. The number of hydrogen-bond donors (Lipinski definition) is 1. The summed E-state index contributed by atoms with van der Waals surface area (Å²) in [4.78, 5) is 18.5. The van der Waals surface area contributed by atoms with Crippen LogP contribution in [-0.4, -0.2) is 46.3 Å². The molecule has 7 heteroatoms. The number of carbonyl (C=O) groups is 1.